The van der Waals surface area contributed by atoms with Crippen molar-refractivity contribution in [1.82, 2.24) is 0 Å². The number of carboxylic acids is 1. The fourth-order valence-corrected chi connectivity index (χ4v) is 2.92. The molecule has 0 unspecified atom stereocenters. The molecular formula is C16H14ClNO2. The molecule has 3 nitrogen and oxygen atoms in total. The highest BCUT2D eigenvalue weighted by Crippen LogP contribution is 2.33. The summed E-state index contributed by atoms with van der Waals surface area (Å²) in [5.41, 5.74) is 4.32. The van der Waals surface area contributed by atoms with Crippen LogP contribution in [0.25, 0.3) is 0 Å². The Labute approximate surface area is 122 Å². The first-order chi connectivity index (χ1) is 9.63. The Balaban J connectivity index is 1.84. The van der Waals surface area contributed by atoms with Gasteiger partial charge in [0.05, 0.1) is 17.1 Å². The monoisotopic (exact) mass is 287 g/mol. The molecular weight excluding hydrogens is 274 g/mol. The summed E-state index contributed by atoms with van der Waals surface area (Å²) in [6, 6.07) is 13.8. The molecule has 20 heavy (non-hydrogen) atoms. The van der Waals surface area contributed by atoms with Gasteiger partial charge in [0, 0.05) is 13.1 Å². The molecule has 1 aliphatic rings. The summed E-state index contributed by atoms with van der Waals surface area (Å²) in [4.78, 5) is 12.9. The van der Waals surface area contributed by atoms with Crippen LogP contribution in [0.5, 0.6) is 0 Å². The summed E-state index contributed by atoms with van der Waals surface area (Å²) >= 11 is 6.30. The van der Waals surface area contributed by atoms with Gasteiger partial charge in [-0.05, 0) is 28.8 Å². The van der Waals surface area contributed by atoms with E-state index in [2.05, 4.69) is 17.0 Å². The molecule has 0 spiro atoms. The van der Waals surface area contributed by atoms with E-state index < -0.39 is 5.97 Å². The van der Waals surface area contributed by atoms with Crippen LogP contribution in [0.15, 0.2) is 42.5 Å². The quantitative estimate of drug-likeness (QED) is 0.939. The van der Waals surface area contributed by atoms with Crippen LogP contribution in [0.1, 0.15) is 16.7 Å². The lowest BCUT2D eigenvalue weighted by Gasteiger charge is -2.19. The Bertz CT molecular complexity index is 644. The minimum Gasteiger partial charge on any atom is -0.481 e. The topological polar surface area (TPSA) is 40.5 Å². The highest BCUT2D eigenvalue weighted by Gasteiger charge is 2.20. The number of aliphatic carboxylic acids is 1. The summed E-state index contributed by atoms with van der Waals surface area (Å²) in [6.07, 6.45) is 0.000224. The number of nitrogens with zero attached hydrogens (tertiary/aromatic N) is 1. The van der Waals surface area contributed by atoms with Crippen LogP contribution in [0.2, 0.25) is 5.02 Å². The van der Waals surface area contributed by atoms with Crippen molar-refractivity contribution in [2.45, 2.75) is 19.5 Å². The first kappa shape index (κ1) is 13.0. The van der Waals surface area contributed by atoms with Crippen LogP contribution >= 0.6 is 11.6 Å². The zero-order valence-corrected chi connectivity index (χ0v) is 11.6. The molecule has 0 saturated carbocycles. The number of hydrogen-bond acceptors (Lipinski definition) is 2. The van der Waals surface area contributed by atoms with Gasteiger partial charge in [0.1, 0.15) is 0 Å². The van der Waals surface area contributed by atoms with Crippen molar-refractivity contribution in [2.24, 2.45) is 0 Å². The third kappa shape index (κ3) is 2.49. The first-order valence-electron chi connectivity index (χ1n) is 6.45. The molecule has 0 atom stereocenters. The summed E-state index contributed by atoms with van der Waals surface area (Å²) in [5, 5.41) is 9.41. The molecule has 0 bridgehead atoms. The van der Waals surface area contributed by atoms with Crippen LogP contribution in [-0.2, 0) is 24.3 Å². The van der Waals surface area contributed by atoms with Crippen LogP contribution in [0.4, 0.5) is 5.69 Å². The zero-order chi connectivity index (χ0) is 14.1. The second-order valence-electron chi connectivity index (χ2n) is 4.98. The molecule has 2 aromatic carbocycles. The largest absolute Gasteiger partial charge is 0.481 e. The third-order valence-corrected chi connectivity index (χ3v) is 3.85. The van der Waals surface area contributed by atoms with E-state index >= 15 is 0 Å². The molecule has 0 aromatic heterocycles. The van der Waals surface area contributed by atoms with Crippen molar-refractivity contribution in [3.05, 3.63) is 64.2 Å². The third-order valence-electron chi connectivity index (χ3n) is 3.55. The predicted molar refractivity (Wildman–Crippen MR) is 79.1 cm³/mol. The van der Waals surface area contributed by atoms with E-state index in [1.807, 2.05) is 24.3 Å². The van der Waals surface area contributed by atoms with E-state index in [1.54, 1.807) is 6.07 Å². The normalized spacial score (nSPS) is 13.3. The molecule has 4 heteroatoms. The Kier molecular flexibility index (Phi) is 3.36. The number of halogens is 1. The molecule has 0 fully saturated rings. The molecule has 1 N–H and O–H groups in total. The number of carbonyl (C=O) groups is 1. The highest BCUT2D eigenvalue weighted by atomic mass is 35.5. The fourth-order valence-electron chi connectivity index (χ4n) is 2.59. The van der Waals surface area contributed by atoms with Crippen LogP contribution in [-0.4, -0.2) is 11.1 Å². The molecule has 0 amide bonds. The van der Waals surface area contributed by atoms with Gasteiger partial charge in [-0.15, -0.1) is 0 Å². The maximum absolute atomic E-state index is 10.7. The molecule has 0 radical (unpaired) electrons. The number of anilines is 1. The van der Waals surface area contributed by atoms with Gasteiger partial charge in [0.15, 0.2) is 0 Å². The molecule has 0 aliphatic carbocycles. The summed E-state index contributed by atoms with van der Waals surface area (Å²) in [5.74, 6) is -0.845. The van der Waals surface area contributed by atoms with E-state index in [0.717, 1.165) is 24.3 Å². The van der Waals surface area contributed by atoms with E-state index in [1.165, 1.54) is 11.1 Å². The van der Waals surface area contributed by atoms with Crippen molar-refractivity contribution in [1.29, 1.82) is 0 Å². The van der Waals surface area contributed by atoms with E-state index in [0.29, 0.717) is 5.02 Å². The predicted octanol–water partition coefficient (Wildman–Crippen LogP) is 3.49. The van der Waals surface area contributed by atoms with Crippen LogP contribution < -0.4 is 4.90 Å². The average Bonchev–Trinajstić information content (AvgIpc) is 2.81. The first-order valence-corrected chi connectivity index (χ1v) is 6.83. The molecule has 2 aromatic rings. The van der Waals surface area contributed by atoms with Gasteiger partial charge in [0.25, 0.3) is 0 Å². The van der Waals surface area contributed by atoms with Crippen molar-refractivity contribution in [3.63, 3.8) is 0 Å². The minimum atomic E-state index is -0.845. The maximum atomic E-state index is 10.7. The lowest BCUT2D eigenvalue weighted by Crippen LogP contribution is -2.15. The van der Waals surface area contributed by atoms with Gasteiger partial charge in [-0.3, -0.25) is 4.79 Å². The highest BCUT2D eigenvalue weighted by molar-refractivity contribution is 6.33. The van der Waals surface area contributed by atoms with Crippen molar-refractivity contribution >= 4 is 23.3 Å². The van der Waals surface area contributed by atoms with E-state index in [4.69, 9.17) is 16.7 Å². The number of benzene rings is 2. The Morgan fingerprint density at radius 2 is 1.80 bits per heavy atom. The second-order valence-corrected chi connectivity index (χ2v) is 5.39. The Hall–Kier alpha value is -2.00. The van der Waals surface area contributed by atoms with Crippen LogP contribution in [0.3, 0.4) is 0 Å². The second kappa shape index (κ2) is 5.17. The molecule has 102 valence electrons. The lowest BCUT2D eigenvalue weighted by molar-refractivity contribution is -0.136. The number of carboxylic acid groups (broad SMARTS) is 1. The smallest absolute Gasteiger partial charge is 0.307 e. The van der Waals surface area contributed by atoms with Crippen molar-refractivity contribution < 1.29 is 9.90 Å². The molecule has 1 heterocycles. The van der Waals surface area contributed by atoms with Gasteiger partial charge in [-0.1, -0.05) is 41.9 Å². The van der Waals surface area contributed by atoms with Gasteiger partial charge < -0.3 is 10.0 Å². The number of hydrogen-bond donors (Lipinski definition) is 1. The van der Waals surface area contributed by atoms with Crippen molar-refractivity contribution in [3.8, 4) is 0 Å². The van der Waals surface area contributed by atoms with Crippen LogP contribution in [0, 0.1) is 0 Å². The van der Waals surface area contributed by atoms with Gasteiger partial charge >= 0.3 is 5.97 Å². The number of rotatable bonds is 3. The molecule has 0 saturated heterocycles. The Morgan fingerprint density at radius 3 is 2.35 bits per heavy atom. The standard InChI is InChI=1S/C16H14ClNO2/c17-14-7-11(8-16(19)20)5-6-15(14)18-9-12-3-1-2-4-13(12)10-18/h1-7H,8-10H2,(H,19,20). The lowest BCUT2D eigenvalue weighted by atomic mass is 10.1. The molecule has 1 aliphatic heterocycles. The summed E-state index contributed by atoms with van der Waals surface area (Å²) in [6.45, 7) is 1.68. The van der Waals surface area contributed by atoms with Gasteiger partial charge in [-0.25, -0.2) is 0 Å². The fraction of sp³-hybridized carbons (Fsp3) is 0.188. The zero-order valence-electron chi connectivity index (χ0n) is 10.8. The van der Waals surface area contributed by atoms with Gasteiger partial charge in [-0.2, -0.15) is 0 Å². The van der Waals surface area contributed by atoms with E-state index in [9.17, 15) is 4.79 Å². The molecule has 3 rings (SSSR count). The van der Waals surface area contributed by atoms with Gasteiger partial charge in [0.2, 0.25) is 0 Å². The van der Waals surface area contributed by atoms with E-state index in [-0.39, 0.29) is 6.42 Å². The number of fused-ring (bicyclic) bond motifs is 1. The Morgan fingerprint density at radius 1 is 1.15 bits per heavy atom. The maximum Gasteiger partial charge on any atom is 0.307 e. The minimum absolute atomic E-state index is 0.000224. The SMILES string of the molecule is O=C(O)Cc1ccc(N2Cc3ccccc3C2)c(Cl)c1. The van der Waals surface area contributed by atoms with Crippen molar-refractivity contribution in [2.75, 3.05) is 4.90 Å². The average molecular weight is 288 g/mol. The summed E-state index contributed by atoms with van der Waals surface area (Å²) in [7, 11) is 0. The summed E-state index contributed by atoms with van der Waals surface area (Å²) < 4.78 is 0.